The fourth-order valence-corrected chi connectivity index (χ4v) is 2.88. The SMILES string of the molecule is Brc1c2c(nn1C1CCOCC1)COC2. The number of halogens is 1. The third kappa shape index (κ3) is 1.62. The highest BCUT2D eigenvalue weighted by Crippen LogP contribution is 2.32. The molecule has 0 aromatic carbocycles. The van der Waals surface area contributed by atoms with Crippen molar-refractivity contribution in [1.82, 2.24) is 9.78 Å². The molecule has 0 saturated carbocycles. The average molecular weight is 273 g/mol. The van der Waals surface area contributed by atoms with E-state index >= 15 is 0 Å². The van der Waals surface area contributed by atoms with E-state index in [1.54, 1.807) is 0 Å². The number of aromatic nitrogens is 2. The Morgan fingerprint density at radius 1 is 1.20 bits per heavy atom. The number of rotatable bonds is 1. The maximum absolute atomic E-state index is 5.36. The van der Waals surface area contributed by atoms with E-state index in [1.807, 2.05) is 0 Å². The summed E-state index contributed by atoms with van der Waals surface area (Å²) in [5, 5.41) is 4.60. The summed E-state index contributed by atoms with van der Waals surface area (Å²) in [6.45, 7) is 3.04. The molecule has 1 aromatic heterocycles. The second-order valence-electron chi connectivity index (χ2n) is 4.00. The fraction of sp³-hybridized carbons (Fsp3) is 0.700. The van der Waals surface area contributed by atoms with E-state index in [0.717, 1.165) is 36.4 Å². The van der Waals surface area contributed by atoms with E-state index < -0.39 is 0 Å². The number of ether oxygens (including phenoxy) is 2. The molecule has 1 fully saturated rings. The summed E-state index contributed by atoms with van der Waals surface area (Å²) < 4.78 is 13.9. The van der Waals surface area contributed by atoms with Gasteiger partial charge in [0.05, 0.1) is 24.9 Å². The Morgan fingerprint density at radius 2 is 2.00 bits per heavy atom. The molecule has 0 aliphatic carbocycles. The quantitative estimate of drug-likeness (QED) is 0.785. The lowest BCUT2D eigenvalue weighted by atomic mass is 10.1. The highest BCUT2D eigenvalue weighted by atomic mass is 79.9. The maximum Gasteiger partial charge on any atom is 0.110 e. The van der Waals surface area contributed by atoms with Gasteiger partial charge in [0.1, 0.15) is 4.60 Å². The van der Waals surface area contributed by atoms with Gasteiger partial charge in [-0.05, 0) is 28.8 Å². The molecule has 1 saturated heterocycles. The van der Waals surface area contributed by atoms with Crippen molar-refractivity contribution in [2.75, 3.05) is 13.2 Å². The minimum absolute atomic E-state index is 0.485. The molecule has 82 valence electrons. The standard InChI is InChI=1S/C10H13BrN2O2/c11-10-8-5-15-6-9(8)12-13(10)7-1-3-14-4-2-7/h7H,1-6H2. The molecule has 2 aliphatic heterocycles. The minimum Gasteiger partial charge on any atom is -0.381 e. The predicted molar refractivity (Wildman–Crippen MR) is 57.5 cm³/mol. The first-order valence-electron chi connectivity index (χ1n) is 5.27. The summed E-state index contributed by atoms with van der Waals surface area (Å²) in [5.41, 5.74) is 2.31. The van der Waals surface area contributed by atoms with Crippen molar-refractivity contribution < 1.29 is 9.47 Å². The second kappa shape index (κ2) is 3.88. The van der Waals surface area contributed by atoms with E-state index in [-0.39, 0.29) is 0 Å². The normalized spacial score (nSPS) is 21.9. The van der Waals surface area contributed by atoms with E-state index in [0.29, 0.717) is 19.3 Å². The van der Waals surface area contributed by atoms with Crippen LogP contribution in [0.2, 0.25) is 0 Å². The van der Waals surface area contributed by atoms with Gasteiger partial charge >= 0.3 is 0 Å². The van der Waals surface area contributed by atoms with Crippen LogP contribution in [-0.4, -0.2) is 23.0 Å². The van der Waals surface area contributed by atoms with Gasteiger partial charge in [-0.1, -0.05) is 0 Å². The molecule has 0 bridgehead atoms. The largest absolute Gasteiger partial charge is 0.381 e. The van der Waals surface area contributed by atoms with Gasteiger partial charge < -0.3 is 9.47 Å². The van der Waals surface area contributed by atoms with E-state index in [1.165, 1.54) is 5.56 Å². The molecular weight excluding hydrogens is 260 g/mol. The topological polar surface area (TPSA) is 36.3 Å². The predicted octanol–water partition coefficient (Wildman–Crippen LogP) is 2.03. The van der Waals surface area contributed by atoms with E-state index in [9.17, 15) is 0 Å². The van der Waals surface area contributed by atoms with Gasteiger partial charge in [-0.25, -0.2) is 0 Å². The lowest BCUT2D eigenvalue weighted by Gasteiger charge is -2.23. The number of hydrogen-bond acceptors (Lipinski definition) is 3. The van der Waals surface area contributed by atoms with Crippen LogP contribution in [-0.2, 0) is 22.7 Å². The van der Waals surface area contributed by atoms with Crippen molar-refractivity contribution in [2.24, 2.45) is 0 Å². The monoisotopic (exact) mass is 272 g/mol. The van der Waals surface area contributed by atoms with Crippen LogP contribution in [0, 0.1) is 0 Å². The summed E-state index contributed by atoms with van der Waals surface area (Å²) in [4.78, 5) is 0. The highest BCUT2D eigenvalue weighted by Gasteiger charge is 2.26. The van der Waals surface area contributed by atoms with Gasteiger partial charge in [0, 0.05) is 18.8 Å². The zero-order chi connectivity index (χ0) is 10.3. The van der Waals surface area contributed by atoms with Crippen LogP contribution in [0.25, 0.3) is 0 Å². The Balaban J connectivity index is 1.91. The third-order valence-corrected chi connectivity index (χ3v) is 3.89. The molecule has 2 aliphatic rings. The van der Waals surface area contributed by atoms with Gasteiger partial charge in [0.15, 0.2) is 0 Å². The van der Waals surface area contributed by atoms with Gasteiger partial charge in [0.2, 0.25) is 0 Å². The first kappa shape index (κ1) is 9.81. The molecule has 0 atom stereocenters. The van der Waals surface area contributed by atoms with Crippen molar-refractivity contribution in [3.8, 4) is 0 Å². The Labute approximate surface area is 96.7 Å². The maximum atomic E-state index is 5.36. The van der Waals surface area contributed by atoms with Crippen molar-refractivity contribution in [3.63, 3.8) is 0 Å². The van der Waals surface area contributed by atoms with Crippen LogP contribution in [0.5, 0.6) is 0 Å². The first-order chi connectivity index (χ1) is 7.36. The van der Waals surface area contributed by atoms with Crippen molar-refractivity contribution in [2.45, 2.75) is 32.1 Å². The van der Waals surface area contributed by atoms with Gasteiger partial charge in [0.25, 0.3) is 0 Å². The van der Waals surface area contributed by atoms with E-state index in [2.05, 4.69) is 25.7 Å². The zero-order valence-electron chi connectivity index (χ0n) is 8.41. The zero-order valence-corrected chi connectivity index (χ0v) is 9.99. The summed E-state index contributed by atoms with van der Waals surface area (Å²) in [6, 6.07) is 0.485. The summed E-state index contributed by atoms with van der Waals surface area (Å²) in [6.07, 6.45) is 2.11. The fourth-order valence-electron chi connectivity index (χ4n) is 2.17. The van der Waals surface area contributed by atoms with Crippen LogP contribution < -0.4 is 0 Å². The minimum atomic E-state index is 0.485. The summed E-state index contributed by atoms with van der Waals surface area (Å²) >= 11 is 3.62. The lowest BCUT2D eigenvalue weighted by molar-refractivity contribution is 0.0643. The molecule has 1 aromatic rings. The number of nitrogens with zero attached hydrogens (tertiary/aromatic N) is 2. The molecule has 3 heterocycles. The Bertz CT molecular complexity index is 372. The van der Waals surface area contributed by atoms with Crippen molar-refractivity contribution in [3.05, 3.63) is 15.9 Å². The third-order valence-electron chi connectivity index (χ3n) is 3.05. The molecule has 0 amide bonds. The first-order valence-corrected chi connectivity index (χ1v) is 6.07. The summed E-state index contributed by atoms with van der Waals surface area (Å²) in [7, 11) is 0. The highest BCUT2D eigenvalue weighted by molar-refractivity contribution is 9.10. The Hall–Kier alpha value is -0.390. The smallest absolute Gasteiger partial charge is 0.110 e. The molecular formula is C10H13BrN2O2. The molecule has 0 unspecified atom stereocenters. The van der Waals surface area contributed by atoms with Gasteiger partial charge in [-0.3, -0.25) is 4.68 Å². The molecule has 4 nitrogen and oxygen atoms in total. The molecule has 0 spiro atoms. The lowest BCUT2D eigenvalue weighted by Crippen LogP contribution is -2.21. The molecule has 3 rings (SSSR count). The van der Waals surface area contributed by atoms with Crippen molar-refractivity contribution >= 4 is 15.9 Å². The molecule has 15 heavy (non-hydrogen) atoms. The average Bonchev–Trinajstić information content (AvgIpc) is 2.83. The summed E-state index contributed by atoms with van der Waals surface area (Å²) in [5.74, 6) is 0. The van der Waals surface area contributed by atoms with Crippen LogP contribution in [0.1, 0.15) is 30.1 Å². The van der Waals surface area contributed by atoms with Crippen molar-refractivity contribution in [1.29, 1.82) is 0 Å². The van der Waals surface area contributed by atoms with Crippen LogP contribution in [0.3, 0.4) is 0 Å². The van der Waals surface area contributed by atoms with Gasteiger partial charge in [-0.15, -0.1) is 0 Å². The Kier molecular flexibility index (Phi) is 2.54. The number of hydrogen-bond donors (Lipinski definition) is 0. The Morgan fingerprint density at radius 3 is 2.73 bits per heavy atom. The molecule has 0 radical (unpaired) electrons. The van der Waals surface area contributed by atoms with Crippen LogP contribution in [0.15, 0.2) is 4.60 Å². The number of fused-ring (bicyclic) bond motifs is 1. The molecule has 5 heteroatoms. The molecule has 0 N–H and O–H groups in total. The van der Waals surface area contributed by atoms with E-state index in [4.69, 9.17) is 9.47 Å². The van der Waals surface area contributed by atoms with Crippen LogP contribution in [0.4, 0.5) is 0 Å². The van der Waals surface area contributed by atoms with Crippen LogP contribution >= 0.6 is 15.9 Å². The second-order valence-corrected chi connectivity index (χ2v) is 4.75. The van der Waals surface area contributed by atoms with Gasteiger partial charge in [-0.2, -0.15) is 5.10 Å².